The molecule has 0 fully saturated rings. The van der Waals surface area contributed by atoms with Gasteiger partial charge < -0.3 is 10.3 Å². The summed E-state index contributed by atoms with van der Waals surface area (Å²) in [6, 6.07) is 7.34. The first-order valence-corrected chi connectivity index (χ1v) is 9.46. The van der Waals surface area contributed by atoms with Crippen LogP contribution in [0.25, 0.3) is 10.9 Å². The lowest BCUT2D eigenvalue weighted by molar-refractivity contribution is 0.0952. The highest BCUT2D eigenvalue weighted by Crippen LogP contribution is 2.14. The molecule has 0 aliphatic heterocycles. The van der Waals surface area contributed by atoms with Crippen LogP contribution in [-0.2, 0) is 10.0 Å². The average molecular weight is 337 g/mol. The maximum absolute atomic E-state index is 12.1. The molecule has 1 aromatic heterocycles. The molecule has 7 heteroatoms. The van der Waals surface area contributed by atoms with E-state index in [0.717, 1.165) is 10.9 Å². The SMILES string of the molecule is CC(C)N(CCCNC(=O)c1ccc2cc[nH]c2c1)S(C)(=O)=O. The molecule has 0 bridgehead atoms. The summed E-state index contributed by atoms with van der Waals surface area (Å²) in [5.74, 6) is -0.156. The smallest absolute Gasteiger partial charge is 0.251 e. The molecule has 0 aliphatic carbocycles. The third kappa shape index (κ3) is 4.56. The summed E-state index contributed by atoms with van der Waals surface area (Å²) in [4.78, 5) is 15.2. The van der Waals surface area contributed by atoms with Crippen molar-refractivity contribution in [1.82, 2.24) is 14.6 Å². The number of aromatic nitrogens is 1. The van der Waals surface area contributed by atoms with E-state index in [0.29, 0.717) is 25.1 Å². The maximum atomic E-state index is 12.1. The Bertz CT molecular complexity index is 781. The molecule has 23 heavy (non-hydrogen) atoms. The number of amides is 1. The molecule has 0 saturated heterocycles. The van der Waals surface area contributed by atoms with Gasteiger partial charge >= 0.3 is 0 Å². The zero-order chi connectivity index (χ0) is 17.0. The second-order valence-corrected chi connectivity index (χ2v) is 7.79. The number of rotatable bonds is 7. The van der Waals surface area contributed by atoms with Crippen LogP contribution < -0.4 is 5.32 Å². The normalized spacial score (nSPS) is 12.2. The van der Waals surface area contributed by atoms with Crippen LogP contribution >= 0.6 is 0 Å². The first-order valence-electron chi connectivity index (χ1n) is 7.61. The largest absolute Gasteiger partial charge is 0.361 e. The summed E-state index contributed by atoms with van der Waals surface area (Å²) in [6.07, 6.45) is 3.61. The number of fused-ring (bicyclic) bond motifs is 1. The Labute approximate surface area is 136 Å². The number of carbonyl (C=O) groups excluding carboxylic acids is 1. The number of carbonyl (C=O) groups is 1. The Morgan fingerprint density at radius 1 is 1.30 bits per heavy atom. The molecule has 2 rings (SSSR count). The van der Waals surface area contributed by atoms with E-state index in [4.69, 9.17) is 0 Å². The van der Waals surface area contributed by atoms with Crippen molar-refractivity contribution in [3.8, 4) is 0 Å². The van der Waals surface area contributed by atoms with E-state index in [-0.39, 0.29) is 11.9 Å². The number of hydrogen-bond acceptors (Lipinski definition) is 3. The fraction of sp³-hybridized carbons (Fsp3) is 0.438. The van der Waals surface area contributed by atoms with Crippen molar-refractivity contribution >= 4 is 26.8 Å². The van der Waals surface area contributed by atoms with Gasteiger partial charge in [-0.3, -0.25) is 4.79 Å². The van der Waals surface area contributed by atoms with Gasteiger partial charge in [-0.1, -0.05) is 6.07 Å². The summed E-state index contributed by atoms with van der Waals surface area (Å²) < 4.78 is 24.7. The number of sulfonamides is 1. The van der Waals surface area contributed by atoms with Crippen LogP contribution in [0.4, 0.5) is 0 Å². The Morgan fingerprint density at radius 3 is 2.70 bits per heavy atom. The van der Waals surface area contributed by atoms with Crippen LogP contribution in [0.5, 0.6) is 0 Å². The van der Waals surface area contributed by atoms with Crippen molar-refractivity contribution in [3.05, 3.63) is 36.0 Å². The summed E-state index contributed by atoms with van der Waals surface area (Å²) in [5, 5.41) is 3.88. The quantitative estimate of drug-likeness (QED) is 0.758. The summed E-state index contributed by atoms with van der Waals surface area (Å²) in [7, 11) is -3.22. The minimum atomic E-state index is -3.22. The van der Waals surface area contributed by atoms with Crippen LogP contribution in [0.2, 0.25) is 0 Å². The number of aromatic amines is 1. The lowest BCUT2D eigenvalue weighted by Crippen LogP contribution is -2.38. The van der Waals surface area contributed by atoms with Gasteiger partial charge in [-0.15, -0.1) is 0 Å². The van der Waals surface area contributed by atoms with Gasteiger partial charge in [0.1, 0.15) is 0 Å². The van der Waals surface area contributed by atoms with Crippen LogP contribution in [-0.4, -0.2) is 49.0 Å². The lowest BCUT2D eigenvalue weighted by Gasteiger charge is -2.23. The van der Waals surface area contributed by atoms with Crippen molar-refractivity contribution in [2.45, 2.75) is 26.3 Å². The Kier molecular flexibility index (Phi) is 5.43. The number of benzene rings is 1. The van der Waals surface area contributed by atoms with Gasteiger partial charge in [-0.05, 0) is 43.9 Å². The van der Waals surface area contributed by atoms with Crippen LogP contribution in [0.15, 0.2) is 30.5 Å². The zero-order valence-electron chi connectivity index (χ0n) is 13.7. The second-order valence-electron chi connectivity index (χ2n) is 5.86. The fourth-order valence-corrected chi connectivity index (χ4v) is 3.76. The molecule has 0 atom stereocenters. The van der Waals surface area contributed by atoms with Crippen molar-refractivity contribution in [1.29, 1.82) is 0 Å². The molecule has 0 unspecified atom stereocenters. The molecule has 6 nitrogen and oxygen atoms in total. The molecule has 0 spiro atoms. The van der Waals surface area contributed by atoms with Crippen LogP contribution in [0, 0.1) is 0 Å². The summed E-state index contributed by atoms with van der Waals surface area (Å²) in [6.45, 7) is 4.50. The highest BCUT2D eigenvalue weighted by molar-refractivity contribution is 7.88. The minimum absolute atomic E-state index is 0.0870. The Morgan fingerprint density at radius 2 is 2.04 bits per heavy atom. The van der Waals surface area contributed by atoms with Gasteiger partial charge in [-0.25, -0.2) is 8.42 Å². The van der Waals surface area contributed by atoms with Gasteiger partial charge in [0.25, 0.3) is 5.91 Å². The summed E-state index contributed by atoms with van der Waals surface area (Å²) >= 11 is 0. The fourth-order valence-electron chi connectivity index (χ4n) is 2.53. The van der Waals surface area contributed by atoms with Crippen molar-refractivity contribution in [3.63, 3.8) is 0 Å². The maximum Gasteiger partial charge on any atom is 0.251 e. The van der Waals surface area contributed by atoms with E-state index in [1.165, 1.54) is 10.6 Å². The van der Waals surface area contributed by atoms with Gasteiger partial charge in [0.15, 0.2) is 0 Å². The van der Waals surface area contributed by atoms with Gasteiger partial charge in [0.2, 0.25) is 10.0 Å². The number of H-pyrrole nitrogens is 1. The molecule has 126 valence electrons. The molecule has 1 heterocycles. The molecule has 2 aromatic rings. The van der Waals surface area contributed by atoms with Crippen LogP contribution in [0.3, 0.4) is 0 Å². The molecule has 0 saturated carbocycles. The van der Waals surface area contributed by atoms with Gasteiger partial charge in [-0.2, -0.15) is 4.31 Å². The van der Waals surface area contributed by atoms with Gasteiger partial charge in [0.05, 0.1) is 6.26 Å². The molecule has 1 aromatic carbocycles. The molecule has 1 amide bonds. The Balaban J connectivity index is 1.87. The van der Waals surface area contributed by atoms with E-state index >= 15 is 0 Å². The number of nitrogens with one attached hydrogen (secondary N) is 2. The van der Waals surface area contributed by atoms with Crippen molar-refractivity contribution in [2.75, 3.05) is 19.3 Å². The van der Waals surface area contributed by atoms with E-state index in [2.05, 4.69) is 10.3 Å². The zero-order valence-corrected chi connectivity index (χ0v) is 14.5. The van der Waals surface area contributed by atoms with E-state index in [1.807, 2.05) is 38.2 Å². The highest BCUT2D eigenvalue weighted by Gasteiger charge is 2.19. The van der Waals surface area contributed by atoms with Crippen LogP contribution in [0.1, 0.15) is 30.6 Å². The van der Waals surface area contributed by atoms with Crippen molar-refractivity contribution < 1.29 is 13.2 Å². The molecule has 0 radical (unpaired) electrons. The standard InChI is InChI=1S/C16H23N3O3S/c1-12(2)19(23(3,21)22)10-4-8-18-16(20)14-6-5-13-7-9-17-15(13)11-14/h5-7,9,11-12,17H,4,8,10H2,1-3H3,(H,18,20). The van der Waals surface area contributed by atoms with E-state index in [9.17, 15) is 13.2 Å². The third-order valence-corrected chi connectivity index (χ3v) is 5.12. The third-order valence-electron chi connectivity index (χ3n) is 3.66. The van der Waals surface area contributed by atoms with Crippen molar-refractivity contribution in [2.24, 2.45) is 0 Å². The molecular weight excluding hydrogens is 314 g/mol. The summed E-state index contributed by atoms with van der Waals surface area (Å²) in [5.41, 5.74) is 1.50. The second kappa shape index (κ2) is 7.14. The topological polar surface area (TPSA) is 82.3 Å². The first-order chi connectivity index (χ1) is 10.8. The number of nitrogens with zero attached hydrogens (tertiary/aromatic N) is 1. The number of hydrogen-bond donors (Lipinski definition) is 2. The Hall–Kier alpha value is -1.86. The molecular formula is C16H23N3O3S. The molecule has 2 N–H and O–H groups in total. The van der Waals surface area contributed by atoms with Gasteiger partial charge in [0, 0.05) is 36.4 Å². The first kappa shape index (κ1) is 17.5. The minimum Gasteiger partial charge on any atom is -0.361 e. The monoisotopic (exact) mass is 337 g/mol. The predicted molar refractivity (Wildman–Crippen MR) is 91.9 cm³/mol. The average Bonchev–Trinajstić information content (AvgIpc) is 2.92. The highest BCUT2D eigenvalue weighted by atomic mass is 32.2. The lowest BCUT2D eigenvalue weighted by atomic mass is 10.1. The van der Waals surface area contributed by atoms with E-state index < -0.39 is 10.0 Å². The molecule has 0 aliphatic rings. The van der Waals surface area contributed by atoms with E-state index in [1.54, 1.807) is 6.07 Å². The predicted octanol–water partition coefficient (Wildman–Crippen LogP) is 1.96.